The van der Waals surface area contributed by atoms with Crippen molar-refractivity contribution in [2.45, 2.75) is 38.5 Å². The molecule has 1 fully saturated rings. The average molecular weight is 312 g/mol. The van der Waals surface area contributed by atoms with Crippen LogP contribution in [0.25, 0.3) is 10.8 Å². The maximum absolute atomic E-state index is 11.8. The molecule has 0 spiro atoms. The van der Waals surface area contributed by atoms with E-state index in [1.807, 2.05) is 25.1 Å². The number of phenolic OH excluding ortho intramolecular Hbond substituents is 1. The minimum absolute atomic E-state index is 0.348. The van der Waals surface area contributed by atoms with Gasteiger partial charge in [0.15, 0.2) is 0 Å². The molecule has 4 rings (SSSR count). The highest BCUT2D eigenvalue weighted by atomic mass is 16.7. The smallest absolute Gasteiger partial charge is 0.507 e. The number of rotatable bonds is 1. The van der Waals surface area contributed by atoms with Crippen molar-refractivity contribution in [1.29, 1.82) is 0 Å². The average Bonchev–Trinajstić information content (AvgIpc) is 3.08. The number of carbonyl (C=O) groups is 1. The Balaban J connectivity index is 2.05. The van der Waals surface area contributed by atoms with Crippen molar-refractivity contribution in [3.8, 4) is 11.5 Å². The molecule has 0 aliphatic heterocycles. The van der Waals surface area contributed by atoms with Gasteiger partial charge in [-0.05, 0) is 43.6 Å². The van der Waals surface area contributed by atoms with Crippen LogP contribution in [0.1, 0.15) is 48.3 Å². The number of aryl methyl sites for hydroxylation is 1. The summed E-state index contributed by atoms with van der Waals surface area (Å²) < 4.78 is 10.2. The Kier molecular flexibility index (Phi) is 3.05. The number of hydrogen-bond acceptors (Lipinski definition) is 4. The van der Waals surface area contributed by atoms with Gasteiger partial charge in [-0.2, -0.15) is 0 Å². The molecule has 0 saturated heterocycles. The molecule has 4 heteroatoms. The second-order valence-corrected chi connectivity index (χ2v) is 6.86. The van der Waals surface area contributed by atoms with E-state index in [0.717, 1.165) is 40.3 Å². The molecule has 120 valence electrons. The van der Waals surface area contributed by atoms with Gasteiger partial charge in [-0.1, -0.05) is 24.6 Å². The summed E-state index contributed by atoms with van der Waals surface area (Å²) in [5.74, 6) is 2.17. The maximum Gasteiger partial charge on any atom is 0.513 e. The molecule has 1 saturated carbocycles. The second kappa shape index (κ2) is 4.88. The fourth-order valence-electron chi connectivity index (χ4n) is 4.49. The van der Waals surface area contributed by atoms with E-state index < -0.39 is 6.16 Å². The zero-order valence-electron chi connectivity index (χ0n) is 13.6. The van der Waals surface area contributed by atoms with Crippen LogP contribution in [0.5, 0.6) is 11.5 Å². The maximum atomic E-state index is 11.8. The van der Waals surface area contributed by atoms with E-state index in [2.05, 4.69) is 6.92 Å². The predicted octanol–water partition coefficient (Wildman–Crippen LogP) is 4.61. The first-order valence-electron chi connectivity index (χ1n) is 8.06. The summed E-state index contributed by atoms with van der Waals surface area (Å²) in [7, 11) is 1.31. The molecule has 4 nitrogen and oxygen atoms in total. The lowest BCUT2D eigenvalue weighted by atomic mass is 9.82. The van der Waals surface area contributed by atoms with Crippen LogP contribution in [-0.4, -0.2) is 18.4 Å². The molecule has 0 radical (unpaired) electrons. The minimum atomic E-state index is -0.712. The lowest BCUT2D eigenvalue weighted by molar-refractivity contribution is 0.121. The third kappa shape index (κ3) is 1.94. The standard InChI is InChI=1S/C19H20O4/c1-9-4-5-12-14(6-9)18(23-19(21)22-3)15-11-7-10(2)13(8-11)16(15)17(12)20/h4-6,10-11,13,20H,7-8H2,1-3H3. The Morgan fingerprint density at radius 1 is 1.22 bits per heavy atom. The van der Waals surface area contributed by atoms with Gasteiger partial charge < -0.3 is 14.6 Å². The quantitative estimate of drug-likeness (QED) is 0.617. The van der Waals surface area contributed by atoms with E-state index in [1.165, 1.54) is 7.11 Å². The van der Waals surface area contributed by atoms with Gasteiger partial charge in [0, 0.05) is 21.9 Å². The fraction of sp³-hybridized carbons (Fsp3) is 0.421. The molecule has 0 amide bonds. The van der Waals surface area contributed by atoms with Crippen molar-refractivity contribution in [2.24, 2.45) is 5.92 Å². The van der Waals surface area contributed by atoms with Gasteiger partial charge in [0.25, 0.3) is 0 Å². The van der Waals surface area contributed by atoms with Crippen LogP contribution in [0.15, 0.2) is 18.2 Å². The van der Waals surface area contributed by atoms with Crippen LogP contribution >= 0.6 is 0 Å². The van der Waals surface area contributed by atoms with Gasteiger partial charge in [-0.3, -0.25) is 0 Å². The molecule has 0 aromatic heterocycles. The Morgan fingerprint density at radius 2 is 2.00 bits per heavy atom. The summed E-state index contributed by atoms with van der Waals surface area (Å²) in [6.45, 7) is 4.22. The normalized spacial score (nSPS) is 24.7. The molecule has 2 aliphatic rings. The third-order valence-corrected chi connectivity index (χ3v) is 5.48. The Bertz CT molecular complexity index is 824. The van der Waals surface area contributed by atoms with E-state index in [1.54, 1.807) is 0 Å². The van der Waals surface area contributed by atoms with Crippen molar-refractivity contribution >= 4 is 16.9 Å². The van der Waals surface area contributed by atoms with Crippen molar-refractivity contribution in [2.75, 3.05) is 7.11 Å². The van der Waals surface area contributed by atoms with E-state index in [-0.39, 0.29) is 0 Å². The van der Waals surface area contributed by atoms with Crippen molar-refractivity contribution in [3.63, 3.8) is 0 Å². The Hall–Kier alpha value is -2.23. The van der Waals surface area contributed by atoms with Crippen LogP contribution < -0.4 is 4.74 Å². The second-order valence-electron chi connectivity index (χ2n) is 6.86. The van der Waals surface area contributed by atoms with Crippen LogP contribution in [0.3, 0.4) is 0 Å². The zero-order chi connectivity index (χ0) is 16.3. The molecule has 2 aromatic carbocycles. The highest BCUT2D eigenvalue weighted by Gasteiger charge is 2.46. The molecule has 23 heavy (non-hydrogen) atoms. The Morgan fingerprint density at radius 3 is 2.74 bits per heavy atom. The van der Waals surface area contributed by atoms with Crippen LogP contribution in [0.2, 0.25) is 0 Å². The van der Waals surface area contributed by atoms with Crippen molar-refractivity contribution in [1.82, 2.24) is 0 Å². The topological polar surface area (TPSA) is 55.8 Å². The number of aromatic hydroxyl groups is 1. The molecule has 3 unspecified atom stereocenters. The van der Waals surface area contributed by atoms with E-state index in [4.69, 9.17) is 9.47 Å². The number of hydrogen-bond donors (Lipinski definition) is 1. The summed E-state index contributed by atoms with van der Waals surface area (Å²) in [5.41, 5.74) is 3.04. The molecular formula is C19H20O4. The van der Waals surface area contributed by atoms with Crippen molar-refractivity contribution in [3.05, 3.63) is 34.9 Å². The van der Waals surface area contributed by atoms with Crippen molar-refractivity contribution < 1.29 is 19.4 Å². The lowest BCUT2D eigenvalue weighted by Gasteiger charge is -2.25. The SMILES string of the molecule is COC(=O)Oc1c2c(c(O)c3ccc(C)cc13)C1CC2CC1C. The monoisotopic (exact) mass is 312 g/mol. The summed E-state index contributed by atoms with van der Waals surface area (Å²) in [5, 5.41) is 12.4. The number of methoxy groups -OCH3 is 1. The summed E-state index contributed by atoms with van der Waals surface area (Å²) in [4.78, 5) is 11.8. The highest BCUT2D eigenvalue weighted by Crippen LogP contribution is 2.62. The molecule has 2 bridgehead atoms. The number of ether oxygens (including phenoxy) is 2. The van der Waals surface area contributed by atoms with Gasteiger partial charge in [0.1, 0.15) is 11.5 Å². The highest BCUT2D eigenvalue weighted by molar-refractivity contribution is 5.98. The molecular weight excluding hydrogens is 292 g/mol. The third-order valence-electron chi connectivity index (χ3n) is 5.48. The fourth-order valence-corrected chi connectivity index (χ4v) is 4.49. The van der Waals surface area contributed by atoms with E-state index in [0.29, 0.717) is 29.3 Å². The minimum Gasteiger partial charge on any atom is -0.507 e. The number of fused-ring (bicyclic) bond motifs is 6. The first-order valence-corrected chi connectivity index (χ1v) is 8.06. The Labute approximate surface area is 135 Å². The van der Waals surface area contributed by atoms with Gasteiger partial charge in [-0.25, -0.2) is 4.79 Å². The van der Waals surface area contributed by atoms with Crippen LogP contribution in [0.4, 0.5) is 4.79 Å². The molecule has 2 aliphatic carbocycles. The molecule has 1 N–H and O–H groups in total. The molecule has 2 aromatic rings. The summed E-state index contributed by atoms with van der Waals surface area (Å²) >= 11 is 0. The molecule has 3 atom stereocenters. The summed E-state index contributed by atoms with van der Waals surface area (Å²) in [6, 6.07) is 5.83. The van der Waals surface area contributed by atoms with E-state index >= 15 is 0 Å². The number of phenols is 1. The van der Waals surface area contributed by atoms with Gasteiger partial charge in [0.05, 0.1) is 7.11 Å². The van der Waals surface area contributed by atoms with Gasteiger partial charge >= 0.3 is 6.16 Å². The first kappa shape index (κ1) is 14.4. The lowest BCUT2D eigenvalue weighted by Crippen LogP contribution is -2.13. The largest absolute Gasteiger partial charge is 0.513 e. The zero-order valence-corrected chi connectivity index (χ0v) is 13.6. The predicted molar refractivity (Wildman–Crippen MR) is 87.3 cm³/mol. The van der Waals surface area contributed by atoms with Crippen LogP contribution in [-0.2, 0) is 4.74 Å². The number of benzene rings is 2. The van der Waals surface area contributed by atoms with E-state index in [9.17, 15) is 9.90 Å². The molecule has 0 heterocycles. The van der Waals surface area contributed by atoms with Gasteiger partial charge in [0.2, 0.25) is 0 Å². The van der Waals surface area contributed by atoms with Gasteiger partial charge in [-0.15, -0.1) is 0 Å². The summed E-state index contributed by atoms with van der Waals surface area (Å²) in [6.07, 6.45) is 1.39. The number of carbonyl (C=O) groups excluding carboxylic acids is 1. The van der Waals surface area contributed by atoms with Crippen LogP contribution in [0, 0.1) is 12.8 Å². The first-order chi connectivity index (χ1) is 11.0.